The summed E-state index contributed by atoms with van der Waals surface area (Å²) >= 11 is 0. The Kier molecular flexibility index (Phi) is 3.18. The van der Waals surface area contributed by atoms with Crippen LogP contribution in [0.15, 0.2) is 30.5 Å². The Morgan fingerprint density at radius 3 is 2.82 bits per heavy atom. The second-order valence-electron chi connectivity index (χ2n) is 4.42. The van der Waals surface area contributed by atoms with Crippen molar-refractivity contribution < 1.29 is 9.90 Å². The maximum absolute atomic E-state index is 10.7. The normalized spacial score (nSPS) is 12.8. The van der Waals surface area contributed by atoms with Gasteiger partial charge in [0.1, 0.15) is 0 Å². The Bertz CT molecular complexity index is 542. The van der Waals surface area contributed by atoms with Gasteiger partial charge in [0, 0.05) is 18.3 Å². The summed E-state index contributed by atoms with van der Waals surface area (Å²) in [6, 6.07) is 8.28. The molecule has 0 saturated heterocycles. The van der Waals surface area contributed by atoms with Crippen molar-refractivity contribution in [2.24, 2.45) is 0 Å². The Morgan fingerprint density at radius 1 is 1.41 bits per heavy atom. The minimum Gasteiger partial charge on any atom is -0.481 e. The fourth-order valence-electron chi connectivity index (χ4n) is 2.18. The maximum Gasteiger partial charge on any atom is 0.303 e. The molecule has 1 unspecified atom stereocenters. The van der Waals surface area contributed by atoms with Gasteiger partial charge < -0.3 is 9.67 Å². The zero-order valence-corrected chi connectivity index (χ0v) is 10.2. The van der Waals surface area contributed by atoms with Crippen molar-refractivity contribution in [2.75, 3.05) is 0 Å². The predicted molar refractivity (Wildman–Crippen MR) is 68.3 cm³/mol. The Labute approximate surface area is 101 Å². The molecule has 0 bridgehead atoms. The first-order chi connectivity index (χ1) is 8.11. The molecule has 1 aromatic carbocycles. The summed E-state index contributed by atoms with van der Waals surface area (Å²) in [7, 11) is 0. The van der Waals surface area contributed by atoms with E-state index in [4.69, 9.17) is 5.11 Å². The van der Waals surface area contributed by atoms with E-state index in [1.807, 2.05) is 13.0 Å². The van der Waals surface area contributed by atoms with Crippen LogP contribution in [0.3, 0.4) is 0 Å². The molecule has 0 amide bonds. The molecule has 1 atom stereocenters. The smallest absolute Gasteiger partial charge is 0.303 e. The monoisotopic (exact) mass is 231 g/mol. The Balaban J connectivity index is 2.35. The highest BCUT2D eigenvalue weighted by Crippen LogP contribution is 2.24. The van der Waals surface area contributed by atoms with Gasteiger partial charge in [-0.1, -0.05) is 13.0 Å². The van der Waals surface area contributed by atoms with Crippen LogP contribution >= 0.6 is 0 Å². The highest BCUT2D eigenvalue weighted by Gasteiger charge is 2.11. The minimum absolute atomic E-state index is 0.0573. The second kappa shape index (κ2) is 4.62. The molecule has 2 aromatic rings. The lowest BCUT2D eigenvalue weighted by Gasteiger charge is -2.09. The lowest BCUT2D eigenvalue weighted by molar-refractivity contribution is -0.137. The molecule has 0 saturated carbocycles. The molecule has 17 heavy (non-hydrogen) atoms. The SMILES string of the molecule is CCn1ccc2cc(C(C)CC(=O)O)ccc21. The number of aryl methyl sites for hydroxylation is 1. The number of carbonyl (C=O) groups is 1. The van der Waals surface area contributed by atoms with Gasteiger partial charge in [-0.25, -0.2) is 0 Å². The number of carboxylic acid groups (broad SMARTS) is 1. The van der Waals surface area contributed by atoms with E-state index in [1.165, 1.54) is 10.9 Å². The van der Waals surface area contributed by atoms with E-state index in [0.29, 0.717) is 0 Å². The average Bonchev–Trinajstić information content (AvgIpc) is 2.69. The highest BCUT2D eigenvalue weighted by atomic mass is 16.4. The van der Waals surface area contributed by atoms with Crippen LogP contribution in [-0.4, -0.2) is 15.6 Å². The Morgan fingerprint density at radius 2 is 2.18 bits per heavy atom. The molecule has 90 valence electrons. The van der Waals surface area contributed by atoms with Crippen molar-refractivity contribution in [3.63, 3.8) is 0 Å². The highest BCUT2D eigenvalue weighted by molar-refractivity contribution is 5.81. The van der Waals surface area contributed by atoms with Gasteiger partial charge in [-0.15, -0.1) is 0 Å². The quantitative estimate of drug-likeness (QED) is 0.877. The van der Waals surface area contributed by atoms with Crippen molar-refractivity contribution in [2.45, 2.75) is 32.7 Å². The zero-order chi connectivity index (χ0) is 12.4. The molecule has 1 aromatic heterocycles. The molecular formula is C14H17NO2. The van der Waals surface area contributed by atoms with Gasteiger partial charge in [-0.05, 0) is 42.0 Å². The first kappa shape index (κ1) is 11.7. The van der Waals surface area contributed by atoms with E-state index in [1.54, 1.807) is 0 Å². The van der Waals surface area contributed by atoms with Crippen LogP contribution in [-0.2, 0) is 11.3 Å². The molecule has 0 aliphatic heterocycles. The fraction of sp³-hybridized carbons (Fsp3) is 0.357. The third kappa shape index (κ3) is 2.33. The van der Waals surface area contributed by atoms with Crippen LogP contribution in [0.25, 0.3) is 10.9 Å². The topological polar surface area (TPSA) is 42.2 Å². The molecule has 0 radical (unpaired) electrons. The summed E-state index contributed by atoms with van der Waals surface area (Å²) in [6.45, 7) is 5.01. The van der Waals surface area contributed by atoms with E-state index < -0.39 is 5.97 Å². The summed E-state index contributed by atoms with van der Waals surface area (Å²) in [5.41, 5.74) is 2.30. The van der Waals surface area contributed by atoms with Gasteiger partial charge >= 0.3 is 5.97 Å². The van der Waals surface area contributed by atoms with E-state index in [2.05, 4.69) is 35.9 Å². The largest absolute Gasteiger partial charge is 0.481 e. The average molecular weight is 231 g/mol. The summed E-state index contributed by atoms with van der Waals surface area (Å²) in [5.74, 6) is -0.689. The molecule has 0 fully saturated rings. The van der Waals surface area contributed by atoms with Crippen molar-refractivity contribution >= 4 is 16.9 Å². The third-order valence-corrected chi connectivity index (χ3v) is 3.19. The number of rotatable bonds is 4. The number of nitrogens with zero attached hydrogens (tertiary/aromatic N) is 1. The first-order valence-electron chi connectivity index (χ1n) is 5.92. The molecule has 1 heterocycles. The number of aromatic nitrogens is 1. The van der Waals surface area contributed by atoms with Crippen molar-refractivity contribution in [3.8, 4) is 0 Å². The number of fused-ring (bicyclic) bond motifs is 1. The van der Waals surface area contributed by atoms with E-state index >= 15 is 0 Å². The van der Waals surface area contributed by atoms with Crippen molar-refractivity contribution in [3.05, 3.63) is 36.0 Å². The van der Waals surface area contributed by atoms with Gasteiger partial charge in [-0.2, -0.15) is 0 Å². The third-order valence-electron chi connectivity index (χ3n) is 3.19. The predicted octanol–water partition coefficient (Wildman–Crippen LogP) is 3.24. The van der Waals surface area contributed by atoms with Gasteiger partial charge in [0.2, 0.25) is 0 Å². The van der Waals surface area contributed by atoms with Crippen LogP contribution in [0, 0.1) is 0 Å². The number of aliphatic carboxylic acids is 1. The van der Waals surface area contributed by atoms with Crippen LogP contribution in [0.4, 0.5) is 0 Å². The molecule has 0 aliphatic rings. The summed E-state index contributed by atoms with van der Waals surface area (Å²) in [6.07, 6.45) is 2.25. The fourth-order valence-corrected chi connectivity index (χ4v) is 2.18. The van der Waals surface area contributed by atoms with Crippen LogP contribution in [0.2, 0.25) is 0 Å². The molecular weight excluding hydrogens is 214 g/mol. The number of benzene rings is 1. The van der Waals surface area contributed by atoms with Gasteiger partial charge in [0.25, 0.3) is 0 Å². The molecule has 2 rings (SSSR count). The van der Waals surface area contributed by atoms with Crippen LogP contribution in [0.5, 0.6) is 0 Å². The lowest BCUT2D eigenvalue weighted by Crippen LogP contribution is -2.02. The molecule has 1 N–H and O–H groups in total. The van der Waals surface area contributed by atoms with E-state index in [9.17, 15) is 4.79 Å². The van der Waals surface area contributed by atoms with Crippen LogP contribution < -0.4 is 0 Å². The maximum atomic E-state index is 10.7. The first-order valence-corrected chi connectivity index (χ1v) is 5.92. The molecule has 0 aliphatic carbocycles. The van der Waals surface area contributed by atoms with Crippen molar-refractivity contribution in [1.82, 2.24) is 4.57 Å². The summed E-state index contributed by atoms with van der Waals surface area (Å²) in [4.78, 5) is 10.7. The van der Waals surface area contributed by atoms with Gasteiger partial charge in [0.05, 0.1) is 6.42 Å². The van der Waals surface area contributed by atoms with Crippen molar-refractivity contribution in [1.29, 1.82) is 0 Å². The van der Waals surface area contributed by atoms with Gasteiger partial charge in [-0.3, -0.25) is 4.79 Å². The summed E-state index contributed by atoms with van der Waals surface area (Å²) in [5, 5.41) is 9.98. The second-order valence-corrected chi connectivity index (χ2v) is 4.42. The van der Waals surface area contributed by atoms with E-state index in [0.717, 1.165) is 12.1 Å². The molecule has 3 heteroatoms. The lowest BCUT2D eigenvalue weighted by atomic mass is 9.97. The zero-order valence-electron chi connectivity index (χ0n) is 10.2. The Hall–Kier alpha value is -1.77. The van der Waals surface area contributed by atoms with Crippen LogP contribution in [0.1, 0.15) is 31.7 Å². The summed E-state index contributed by atoms with van der Waals surface area (Å²) < 4.78 is 2.18. The standard InChI is InChI=1S/C14H17NO2/c1-3-15-7-6-12-9-11(4-5-13(12)15)10(2)8-14(16)17/h4-7,9-10H,3,8H2,1-2H3,(H,16,17). The minimum atomic E-state index is -0.747. The van der Waals surface area contributed by atoms with E-state index in [-0.39, 0.29) is 12.3 Å². The number of hydrogen-bond donors (Lipinski definition) is 1. The molecule has 3 nitrogen and oxygen atoms in total. The number of carboxylic acids is 1. The number of hydrogen-bond acceptors (Lipinski definition) is 1. The molecule has 0 spiro atoms. The van der Waals surface area contributed by atoms with Gasteiger partial charge in [0.15, 0.2) is 0 Å².